The van der Waals surface area contributed by atoms with Gasteiger partial charge in [-0.1, -0.05) is 34.1 Å². The highest BCUT2D eigenvalue weighted by atomic mass is 16.5. The standard InChI is InChI=1S/C15H30N2O2/c1-6-12(5)14-15(18)17(8-9-19-7-2)13(16-14)10-11(3)4/h11-14,16H,6-10H2,1-5H3. The Morgan fingerprint density at radius 2 is 2.00 bits per heavy atom. The van der Waals surface area contributed by atoms with E-state index >= 15 is 0 Å². The lowest BCUT2D eigenvalue weighted by atomic mass is 9.99. The van der Waals surface area contributed by atoms with Crippen molar-refractivity contribution in [1.29, 1.82) is 0 Å². The minimum atomic E-state index is -0.0182. The van der Waals surface area contributed by atoms with Gasteiger partial charge in [0, 0.05) is 13.2 Å². The summed E-state index contributed by atoms with van der Waals surface area (Å²) < 4.78 is 5.40. The zero-order valence-corrected chi connectivity index (χ0v) is 13.1. The summed E-state index contributed by atoms with van der Waals surface area (Å²) in [5, 5.41) is 3.52. The molecule has 4 nitrogen and oxygen atoms in total. The van der Waals surface area contributed by atoms with Gasteiger partial charge in [-0.15, -0.1) is 0 Å². The normalized spacial score (nSPS) is 25.4. The van der Waals surface area contributed by atoms with Gasteiger partial charge >= 0.3 is 0 Å². The van der Waals surface area contributed by atoms with Crippen molar-refractivity contribution in [3.63, 3.8) is 0 Å². The van der Waals surface area contributed by atoms with E-state index < -0.39 is 0 Å². The van der Waals surface area contributed by atoms with E-state index in [2.05, 4.69) is 33.0 Å². The Hall–Kier alpha value is -0.610. The first-order chi connectivity index (χ1) is 9.01. The van der Waals surface area contributed by atoms with Crippen LogP contribution in [0.1, 0.15) is 47.5 Å². The Kier molecular flexibility index (Phi) is 6.80. The lowest BCUT2D eigenvalue weighted by Gasteiger charge is -2.25. The van der Waals surface area contributed by atoms with Crippen molar-refractivity contribution >= 4 is 5.91 Å². The number of carbonyl (C=O) groups is 1. The zero-order valence-electron chi connectivity index (χ0n) is 13.1. The van der Waals surface area contributed by atoms with E-state index in [9.17, 15) is 4.79 Å². The van der Waals surface area contributed by atoms with E-state index in [4.69, 9.17) is 4.74 Å². The highest BCUT2D eigenvalue weighted by molar-refractivity contribution is 5.84. The molecular formula is C15H30N2O2. The predicted molar refractivity (Wildman–Crippen MR) is 77.8 cm³/mol. The summed E-state index contributed by atoms with van der Waals surface area (Å²) in [5.41, 5.74) is 0. The summed E-state index contributed by atoms with van der Waals surface area (Å²) in [6.45, 7) is 12.7. The fourth-order valence-electron chi connectivity index (χ4n) is 2.56. The number of nitrogens with one attached hydrogen (secondary N) is 1. The van der Waals surface area contributed by atoms with E-state index in [0.717, 1.165) is 12.8 Å². The molecule has 1 heterocycles. The first-order valence-corrected chi connectivity index (χ1v) is 7.65. The molecule has 4 heteroatoms. The van der Waals surface area contributed by atoms with E-state index in [-0.39, 0.29) is 18.1 Å². The first kappa shape index (κ1) is 16.4. The minimum Gasteiger partial charge on any atom is -0.380 e. The molecule has 1 saturated heterocycles. The van der Waals surface area contributed by atoms with Gasteiger partial charge in [0.15, 0.2) is 0 Å². The maximum absolute atomic E-state index is 12.5. The molecule has 0 radical (unpaired) electrons. The molecule has 112 valence electrons. The van der Waals surface area contributed by atoms with Crippen LogP contribution in [0.25, 0.3) is 0 Å². The van der Waals surface area contributed by atoms with Gasteiger partial charge in [0.05, 0.1) is 18.8 Å². The lowest BCUT2D eigenvalue weighted by molar-refractivity contribution is -0.131. The molecule has 0 aromatic carbocycles. The Bertz CT molecular complexity index is 281. The molecular weight excluding hydrogens is 240 g/mol. The highest BCUT2D eigenvalue weighted by Crippen LogP contribution is 2.22. The zero-order chi connectivity index (χ0) is 14.4. The van der Waals surface area contributed by atoms with Gasteiger partial charge in [0.25, 0.3) is 0 Å². The molecule has 3 unspecified atom stereocenters. The van der Waals surface area contributed by atoms with Crippen LogP contribution < -0.4 is 5.32 Å². The van der Waals surface area contributed by atoms with Crippen LogP contribution in [0, 0.1) is 11.8 Å². The molecule has 19 heavy (non-hydrogen) atoms. The number of ether oxygens (including phenoxy) is 1. The molecule has 3 atom stereocenters. The molecule has 0 aliphatic carbocycles. The molecule has 1 N–H and O–H groups in total. The number of nitrogens with zero attached hydrogens (tertiary/aromatic N) is 1. The predicted octanol–water partition coefficient (Wildman–Crippen LogP) is 2.24. The van der Waals surface area contributed by atoms with E-state index in [1.165, 1.54) is 0 Å². The van der Waals surface area contributed by atoms with Crippen LogP contribution in [0.3, 0.4) is 0 Å². The second kappa shape index (κ2) is 7.85. The number of rotatable bonds is 8. The maximum atomic E-state index is 12.5. The summed E-state index contributed by atoms with van der Waals surface area (Å²) in [6, 6.07) is -0.0182. The molecule has 0 saturated carbocycles. The second-order valence-electron chi connectivity index (χ2n) is 5.90. The quantitative estimate of drug-likeness (QED) is 0.688. The smallest absolute Gasteiger partial charge is 0.241 e. The molecule has 0 aromatic rings. The van der Waals surface area contributed by atoms with Gasteiger partial charge in [-0.25, -0.2) is 0 Å². The fourth-order valence-corrected chi connectivity index (χ4v) is 2.56. The average molecular weight is 270 g/mol. The third-order valence-corrected chi connectivity index (χ3v) is 3.89. The molecule has 0 bridgehead atoms. The van der Waals surface area contributed by atoms with Crippen molar-refractivity contribution in [2.75, 3.05) is 19.8 Å². The van der Waals surface area contributed by atoms with Crippen molar-refractivity contribution in [3.8, 4) is 0 Å². The van der Waals surface area contributed by atoms with E-state index in [0.29, 0.717) is 31.6 Å². The Morgan fingerprint density at radius 3 is 2.53 bits per heavy atom. The van der Waals surface area contributed by atoms with Crippen LogP contribution in [0.15, 0.2) is 0 Å². The third kappa shape index (κ3) is 4.46. The minimum absolute atomic E-state index is 0.0182. The van der Waals surface area contributed by atoms with Crippen LogP contribution in [-0.4, -0.2) is 42.8 Å². The first-order valence-electron chi connectivity index (χ1n) is 7.65. The topological polar surface area (TPSA) is 41.6 Å². The van der Waals surface area contributed by atoms with E-state index in [1.54, 1.807) is 0 Å². The number of hydrogen-bond donors (Lipinski definition) is 1. The molecule has 1 aliphatic rings. The SMILES string of the molecule is CCOCCN1C(=O)C(C(C)CC)NC1CC(C)C. The molecule has 0 spiro atoms. The maximum Gasteiger partial charge on any atom is 0.241 e. The Morgan fingerprint density at radius 1 is 1.32 bits per heavy atom. The van der Waals surface area contributed by atoms with Crippen molar-refractivity contribution in [3.05, 3.63) is 0 Å². The van der Waals surface area contributed by atoms with Crippen molar-refractivity contribution in [1.82, 2.24) is 10.2 Å². The largest absolute Gasteiger partial charge is 0.380 e. The van der Waals surface area contributed by atoms with Gasteiger partial charge in [0.2, 0.25) is 5.91 Å². The summed E-state index contributed by atoms with van der Waals surface area (Å²) in [6.07, 6.45) is 2.20. The summed E-state index contributed by atoms with van der Waals surface area (Å²) in [4.78, 5) is 14.5. The summed E-state index contributed by atoms with van der Waals surface area (Å²) >= 11 is 0. The van der Waals surface area contributed by atoms with Gasteiger partial charge in [0.1, 0.15) is 0 Å². The molecule has 1 fully saturated rings. The van der Waals surface area contributed by atoms with Crippen LogP contribution in [0.4, 0.5) is 0 Å². The number of hydrogen-bond acceptors (Lipinski definition) is 3. The van der Waals surface area contributed by atoms with Crippen LogP contribution in [-0.2, 0) is 9.53 Å². The second-order valence-corrected chi connectivity index (χ2v) is 5.90. The highest BCUT2D eigenvalue weighted by Gasteiger charge is 2.40. The third-order valence-electron chi connectivity index (χ3n) is 3.89. The van der Waals surface area contributed by atoms with Crippen molar-refractivity contribution in [2.24, 2.45) is 11.8 Å². The summed E-state index contributed by atoms with van der Waals surface area (Å²) in [7, 11) is 0. The average Bonchev–Trinajstić information content (AvgIpc) is 2.66. The van der Waals surface area contributed by atoms with Crippen molar-refractivity contribution in [2.45, 2.75) is 59.7 Å². The number of carbonyl (C=O) groups excluding carboxylic acids is 1. The van der Waals surface area contributed by atoms with Gasteiger partial charge < -0.3 is 9.64 Å². The lowest BCUT2D eigenvalue weighted by Crippen LogP contribution is -2.40. The molecule has 1 aliphatic heterocycles. The Balaban J connectivity index is 2.67. The monoisotopic (exact) mass is 270 g/mol. The molecule has 1 amide bonds. The van der Waals surface area contributed by atoms with Gasteiger partial charge in [-0.3, -0.25) is 10.1 Å². The van der Waals surface area contributed by atoms with E-state index in [1.807, 2.05) is 11.8 Å². The fraction of sp³-hybridized carbons (Fsp3) is 0.933. The van der Waals surface area contributed by atoms with Gasteiger partial charge in [-0.2, -0.15) is 0 Å². The number of amides is 1. The van der Waals surface area contributed by atoms with Crippen LogP contribution in [0.2, 0.25) is 0 Å². The molecule has 0 aromatic heterocycles. The van der Waals surface area contributed by atoms with Crippen LogP contribution >= 0.6 is 0 Å². The Labute approximate surface area is 117 Å². The van der Waals surface area contributed by atoms with Gasteiger partial charge in [-0.05, 0) is 25.2 Å². The van der Waals surface area contributed by atoms with Crippen LogP contribution in [0.5, 0.6) is 0 Å². The van der Waals surface area contributed by atoms with Crippen molar-refractivity contribution < 1.29 is 9.53 Å². The molecule has 1 rings (SSSR count). The summed E-state index contributed by atoms with van der Waals surface area (Å²) in [5.74, 6) is 1.22.